The molecule has 29 heavy (non-hydrogen) atoms. The van der Waals surface area contributed by atoms with E-state index in [1.807, 2.05) is 0 Å². The summed E-state index contributed by atoms with van der Waals surface area (Å²) in [4.78, 5) is 0. The molecule has 0 unspecified atom stereocenters. The third-order valence-electron chi connectivity index (χ3n) is 5.87. The number of unbranched alkanes of at least 4 members (excludes halogenated alkanes) is 5. The molecular weight excluding hydrogens is 439 g/mol. The molecule has 0 saturated carbocycles. The fourth-order valence-corrected chi connectivity index (χ4v) is 12.0. The number of hydrogen-bond acceptors (Lipinski definition) is 1. The molecule has 0 bridgehead atoms. The molecule has 0 aliphatic heterocycles. The summed E-state index contributed by atoms with van der Waals surface area (Å²) >= 11 is 4.51. The van der Waals surface area contributed by atoms with E-state index in [-0.39, 0.29) is 0 Å². The van der Waals surface area contributed by atoms with Crippen LogP contribution in [0.15, 0.2) is 91.0 Å². The summed E-state index contributed by atoms with van der Waals surface area (Å²) < 4.78 is 0. The van der Waals surface area contributed by atoms with E-state index >= 15 is 0 Å². The van der Waals surface area contributed by atoms with Gasteiger partial charge >= 0.3 is 184 Å². The van der Waals surface area contributed by atoms with Crippen molar-refractivity contribution >= 4 is 36.7 Å². The van der Waals surface area contributed by atoms with Crippen molar-refractivity contribution in [3.63, 3.8) is 0 Å². The van der Waals surface area contributed by atoms with Crippen molar-refractivity contribution in [2.24, 2.45) is 0 Å². The van der Waals surface area contributed by atoms with Gasteiger partial charge in [0.2, 0.25) is 0 Å². The summed E-state index contributed by atoms with van der Waals surface area (Å²) in [5.41, 5.74) is 0. The van der Waals surface area contributed by atoms with Crippen LogP contribution in [-0.4, -0.2) is 17.9 Å². The van der Waals surface area contributed by atoms with Crippen LogP contribution in [0.1, 0.15) is 38.5 Å². The molecule has 154 valence electrons. The van der Waals surface area contributed by atoms with E-state index in [1.165, 1.54) is 41.6 Å². The molecular formula is C26H32BrOP. The number of aliphatic hydroxyl groups is 1. The van der Waals surface area contributed by atoms with Crippen LogP contribution in [0.25, 0.3) is 0 Å². The summed E-state index contributed by atoms with van der Waals surface area (Å²) in [6, 6.07) is 33.1. The molecule has 0 amide bonds. The van der Waals surface area contributed by atoms with Crippen LogP contribution in [0.3, 0.4) is 0 Å². The zero-order valence-corrected chi connectivity index (χ0v) is 19.6. The van der Waals surface area contributed by atoms with Crippen LogP contribution in [0.4, 0.5) is 0 Å². The summed E-state index contributed by atoms with van der Waals surface area (Å²) in [5.74, 6) is 0. The molecule has 3 heteroatoms. The van der Waals surface area contributed by atoms with E-state index in [9.17, 15) is 0 Å². The van der Waals surface area contributed by atoms with Crippen LogP contribution in [-0.2, 0) is 0 Å². The van der Waals surface area contributed by atoms with Gasteiger partial charge in [0, 0.05) is 0 Å². The molecule has 3 rings (SSSR count). The van der Waals surface area contributed by atoms with Crippen LogP contribution >= 0.6 is 20.8 Å². The summed E-state index contributed by atoms with van der Waals surface area (Å²) in [6.45, 7) is 0.314. The Bertz CT molecular complexity index is 752. The van der Waals surface area contributed by atoms with Crippen LogP contribution in [0.2, 0.25) is 0 Å². The number of halogens is 1. The van der Waals surface area contributed by atoms with Crippen molar-refractivity contribution in [1.29, 1.82) is 0 Å². The molecule has 0 aliphatic rings. The van der Waals surface area contributed by atoms with Crippen molar-refractivity contribution in [3.8, 4) is 0 Å². The van der Waals surface area contributed by atoms with E-state index in [4.69, 9.17) is 5.11 Å². The molecule has 3 aromatic carbocycles. The predicted molar refractivity (Wildman–Crippen MR) is 134 cm³/mol. The molecule has 3 aromatic rings. The van der Waals surface area contributed by atoms with Gasteiger partial charge in [-0.2, -0.15) is 0 Å². The number of aliphatic hydroxyl groups excluding tert-OH is 1. The number of rotatable bonds is 11. The first-order valence-corrected chi connectivity index (χ1v) is 15.1. The van der Waals surface area contributed by atoms with E-state index in [0.717, 1.165) is 19.0 Å². The van der Waals surface area contributed by atoms with Crippen molar-refractivity contribution in [2.75, 3.05) is 12.8 Å². The average Bonchev–Trinajstić information content (AvgIpc) is 2.80. The normalized spacial score (nSPS) is 13.0. The van der Waals surface area contributed by atoms with Crippen LogP contribution in [0, 0.1) is 0 Å². The Morgan fingerprint density at radius 1 is 0.517 bits per heavy atom. The maximum atomic E-state index is 8.99. The molecule has 1 N–H and O–H groups in total. The predicted octanol–water partition coefficient (Wildman–Crippen LogP) is 6.16. The fraction of sp³-hybridized carbons (Fsp3) is 0.308. The molecule has 0 radical (unpaired) electrons. The first kappa shape index (κ1) is 22.2. The number of benzene rings is 3. The Labute approximate surface area is 183 Å². The second-order valence-corrected chi connectivity index (χ2v) is 16.8. The Morgan fingerprint density at radius 2 is 0.862 bits per heavy atom. The average molecular weight is 471 g/mol. The molecule has 0 aliphatic carbocycles. The Morgan fingerprint density at radius 3 is 1.24 bits per heavy atom. The zero-order valence-electron chi connectivity index (χ0n) is 17.1. The van der Waals surface area contributed by atoms with Crippen LogP contribution < -0.4 is 15.9 Å². The third-order valence-corrected chi connectivity index (χ3v) is 15.9. The summed E-state index contributed by atoms with van der Waals surface area (Å²) in [5, 5.41) is 10.4. The van der Waals surface area contributed by atoms with Gasteiger partial charge in [-0.25, -0.2) is 0 Å². The standard InChI is InChI=1S/C26H32BrOP/c27-29(24-16-8-5-9-17-24,25-18-10-6-11-19-25,26-20-12-7-13-21-26)23-15-4-2-1-3-14-22-28/h5-13,16-21,28H,1-4,14-15,22-23H2. The minimum absolute atomic E-state index is 0.314. The van der Waals surface area contributed by atoms with E-state index in [0.29, 0.717) is 6.61 Å². The van der Waals surface area contributed by atoms with Gasteiger partial charge in [0.05, 0.1) is 0 Å². The Hall–Kier alpha value is -1.47. The Kier molecular flexibility index (Phi) is 8.07. The van der Waals surface area contributed by atoms with E-state index in [1.54, 1.807) is 0 Å². The first-order valence-electron chi connectivity index (χ1n) is 10.7. The van der Waals surface area contributed by atoms with Crippen molar-refractivity contribution in [1.82, 2.24) is 0 Å². The first-order chi connectivity index (χ1) is 14.2. The van der Waals surface area contributed by atoms with Crippen molar-refractivity contribution in [2.45, 2.75) is 38.5 Å². The van der Waals surface area contributed by atoms with Crippen molar-refractivity contribution < 1.29 is 5.11 Å². The SMILES string of the molecule is OCCCCCCCCP(Br)(c1ccccc1)(c1ccccc1)c1ccccc1. The molecule has 0 saturated heterocycles. The van der Waals surface area contributed by atoms with E-state index in [2.05, 4.69) is 106 Å². The second kappa shape index (κ2) is 10.5. The zero-order chi connectivity index (χ0) is 20.4. The van der Waals surface area contributed by atoms with Gasteiger partial charge in [-0.05, 0) is 0 Å². The second-order valence-electron chi connectivity index (χ2n) is 7.76. The number of hydrogen-bond donors (Lipinski definition) is 1. The van der Waals surface area contributed by atoms with Gasteiger partial charge in [0.1, 0.15) is 0 Å². The molecule has 0 heterocycles. The maximum absolute atomic E-state index is 8.99. The topological polar surface area (TPSA) is 20.2 Å². The minimum atomic E-state index is -2.74. The fourth-order valence-electron chi connectivity index (χ4n) is 4.28. The van der Waals surface area contributed by atoms with Crippen molar-refractivity contribution in [3.05, 3.63) is 91.0 Å². The quantitative estimate of drug-likeness (QED) is 0.262. The van der Waals surface area contributed by atoms with Gasteiger partial charge in [-0.15, -0.1) is 0 Å². The van der Waals surface area contributed by atoms with Gasteiger partial charge in [-0.3, -0.25) is 0 Å². The third kappa shape index (κ3) is 4.82. The molecule has 0 atom stereocenters. The molecule has 0 spiro atoms. The molecule has 0 aromatic heterocycles. The summed E-state index contributed by atoms with van der Waals surface area (Å²) in [6.07, 6.45) is 8.02. The van der Waals surface area contributed by atoms with Gasteiger partial charge in [0.15, 0.2) is 0 Å². The molecule has 1 nitrogen and oxygen atoms in total. The van der Waals surface area contributed by atoms with Gasteiger partial charge < -0.3 is 0 Å². The van der Waals surface area contributed by atoms with Crippen LogP contribution in [0.5, 0.6) is 0 Å². The van der Waals surface area contributed by atoms with Gasteiger partial charge in [-0.1, -0.05) is 0 Å². The monoisotopic (exact) mass is 470 g/mol. The van der Waals surface area contributed by atoms with E-state index < -0.39 is 5.31 Å². The Balaban J connectivity index is 2.00. The van der Waals surface area contributed by atoms with Gasteiger partial charge in [0.25, 0.3) is 0 Å². The summed E-state index contributed by atoms with van der Waals surface area (Å²) in [7, 11) is 0. The molecule has 0 fully saturated rings.